The lowest BCUT2D eigenvalue weighted by Gasteiger charge is -2.13. The van der Waals surface area contributed by atoms with E-state index in [1.807, 2.05) is 14.0 Å². The van der Waals surface area contributed by atoms with Crippen LogP contribution in [0.3, 0.4) is 0 Å². The summed E-state index contributed by atoms with van der Waals surface area (Å²) < 4.78 is 40.0. The molecule has 0 amide bonds. The fraction of sp³-hybridized carbons (Fsp3) is 0.308. The summed E-state index contributed by atoms with van der Waals surface area (Å²) in [5.74, 6) is 0.714. The molecule has 0 N–H and O–H groups in total. The molecule has 1 aromatic carbocycles. The number of aryl methyl sites for hydroxylation is 1. The van der Waals surface area contributed by atoms with Gasteiger partial charge in [-0.25, -0.2) is 4.98 Å². The van der Waals surface area contributed by atoms with Gasteiger partial charge in [0.1, 0.15) is 0 Å². The van der Waals surface area contributed by atoms with Crippen molar-refractivity contribution in [2.75, 3.05) is 5.75 Å². The van der Waals surface area contributed by atoms with Crippen LogP contribution in [0.5, 0.6) is 0 Å². The van der Waals surface area contributed by atoms with Crippen molar-refractivity contribution >= 4 is 11.8 Å². The Morgan fingerprint density at radius 1 is 1.32 bits per heavy atom. The number of alkyl halides is 3. The predicted molar refractivity (Wildman–Crippen MR) is 70.0 cm³/mol. The second kappa shape index (κ2) is 5.28. The van der Waals surface area contributed by atoms with E-state index in [4.69, 9.17) is 0 Å². The molecule has 0 aliphatic heterocycles. The van der Waals surface area contributed by atoms with Crippen LogP contribution in [0.25, 0.3) is 11.3 Å². The number of thioether (sulfide) groups is 1. The van der Waals surface area contributed by atoms with E-state index in [1.165, 1.54) is 23.9 Å². The molecule has 1 heterocycles. The van der Waals surface area contributed by atoms with Crippen LogP contribution in [-0.2, 0) is 13.2 Å². The van der Waals surface area contributed by atoms with E-state index < -0.39 is 11.7 Å². The zero-order valence-electron chi connectivity index (χ0n) is 10.5. The van der Waals surface area contributed by atoms with E-state index >= 15 is 0 Å². The van der Waals surface area contributed by atoms with Gasteiger partial charge < -0.3 is 4.57 Å². The minimum absolute atomic E-state index is 0.616. The maximum absolute atomic E-state index is 12.7. The van der Waals surface area contributed by atoms with Crippen LogP contribution in [-0.4, -0.2) is 15.3 Å². The van der Waals surface area contributed by atoms with E-state index in [0.29, 0.717) is 10.6 Å². The third-order valence-electron chi connectivity index (χ3n) is 2.70. The molecule has 2 aromatic rings. The van der Waals surface area contributed by atoms with Crippen molar-refractivity contribution < 1.29 is 13.2 Å². The molecule has 0 saturated heterocycles. The predicted octanol–water partition coefficient (Wildman–Crippen LogP) is 4.22. The van der Waals surface area contributed by atoms with Crippen molar-refractivity contribution in [2.24, 2.45) is 7.05 Å². The SMILES string of the molecule is CCSc1cc(C(F)(F)F)ccc1-c1cncn1C. The van der Waals surface area contributed by atoms with Gasteiger partial charge in [-0.05, 0) is 17.9 Å². The summed E-state index contributed by atoms with van der Waals surface area (Å²) in [4.78, 5) is 4.63. The Morgan fingerprint density at radius 2 is 2.05 bits per heavy atom. The van der Waals surface area contributed by atoms with Crippen LogP contribution >= 0.6 is 11.8 Å². The topological polar surface area (TPSA) is 17.8 Å². The Balaban J connectivity index is 2.53. The van der Waals surface area contributed by atoms with Gasteiger partial charge >= 0.3 is 6.18 Å². The van der Waals surface area contributed by atoms with Crippen molar-refractivity contribution in [3.8, 4) is 11.3 Å². The molecule has 2 rings (SSSR count). The number of halogens is 3. The summed E-state index contributed by atoms with van der Waals surface area (Å²) in [7, 11) is 1.82. The van der Waals surface area contributed by atoms with E-state index in [9.17, 15) is 13.2 Å². The molecule has 19 heavy (non-hydrogen) atoms. The highest BCUT2D eigenvalue weighted by Crippen LogP contribution is 2.37. The van der Waals surface area contributed by atoms with Crippen LogP contribution in [0.4, 0.5) is 13.2 Å². The highest BCUT2D eigenvalue weighted by atomic mass is 32.2. The minimum Gasteiger partial charge on any atom is -0.334 e. The lowest BCUT2D eigenvalue weighted by molar-refractivity contribution is -0.137. The summed E-state index contributed by atoms with van der Waals surface area (Å²) in [6, 6.07) is 3.83. The summed E-state index contributed by atoms with van der Waals surface area (Å²) in [5, 5.41) is 0. The second-order valence-corrected chi connectivity index (χ2v) is 5.34. The monoisotopic (exact) mass is 286 g/mol. The third-order valence-corrected chi connectivity index (χ3v) is 3.64. The zero-order valence-corrected chi connectivity index (χ0v) is 11.3. The molecule has 0 saturated carbocycles. The highest BCUT2D eigenvalue weighted by molar-refractivity contribution is 7.99. The minimum atomic E-state index is -4.31. The van der Waals surface area contributed by atoms with Gasteiger partial charge in [0.25, 0.3) is 0 Å². The van der Waals surface area contributed by atoms with Crippen molar-refractivity contribution in [3.05, 3.63) is 36.3 Å². The quantitative estimate of drug-likeness (QED) is 0.786. The second-order valence-electron chi connectivity index (χ2n) is 4.03. The standard InChI is InChI=1S/C13H13F3N2S/c1-3-19-12-6-9(13(14,15)16)4-5-10(12)11-7-17-8-18(11)2/h4-8H,3H2,1-2H3. The molecule has 0 aliphatic carbocycles. The Hall–Kier alpha value is -1.43. The summed E-state index contributed by atoms with van der Waals surface area (Å²) in [5.41, 5.74) is 0.971. The van der Waals surface area contributed by atoms with E-state index in [0.717, 1.165) is 17.3 Å². The molecule has 0 atom stereocenters. The van der Waals surface area contributed by atoms with Crippen molar-refractivity contribution in [3.63, 3.8) is 0 Å². The number of hydrogen-bond donors (Lipinski definition) is 0. The van der Waals surface area contributed by atoms with Crippen LogP contribution in [0.1, 0.15) is 12.5 Å². The van der Waals surface area contributed by atoms with Crippen LogP contribution in [0.2, 0.25) is 0 Å². The van der Waals surface area contributed by atoms with Gasteiger partial charge in [-0.1, -0.05) is 13.0 Å². The van der Waals surface area contributed by atoms with Gasteiger partial charge in [0.2, 0.25) is 0 Å². The highest BCUT2D eigenvalue weighted by Gasteiger charge is 2.31. The first-order valence-corrected chi connectivity index (χ1v) is 6.72. The Labute approximate surface area is 113 Å². The lowest BCUT2D eigenvalue weighted by atomic mass is 10.1. The number of rotatable bonds is 3. The average molecular weight is 286 g/mol. The fourth-order valence-corrected chi connectivity index (χ4v) is 2.65. The third kappa shape index (κ3) is 2.94. The zero-order chi connectivity index (χ0) is 14.0. The van der Waals surface area contributed by atoms with Gasteiger partial charge in [-0.2, -0.15) is 13.2 Å². The van der Waals surface area contributed by atoms with E-state index in [1.54, 1.807) is 17.1 Å². The maximum Gasteiger partial charge on any atom is 0.416 e. The summed E-state index contributed by atoms with van der Waals surface area (Å²) in [6.45, 7) is 1.91. The lowest BCUT2D eigenvalue weighted by Crippen LogP contribution is -2.05. The average Bonchev–Trinajstić information content (AvgIpc) is 2.74. The Bertz CT molecular complexity index is 576. The molecule has 0 unspecified atom stereocenters. The Kier molecular flexibility index (Phi) is 3.89. The van der Waals surface area contributed by atoms with Crippen molar-refractivity contribution in [1.29, 1.82) is 0 Å². The van der Waals surface area contributed by atoms with E-state index in [2.05, 4.69) is 4.98 Å². The van der Waals surface area contributed by atoms with Gasteiger partial charge in [0, 0.05) is 17.5 Å². The normalized spacial score (nSPS) is 11.8. The molecule has 0 radical (unpaired) electrons. The molecule has 1 aromatic heterocycles. The maximum atomic E-state index is 12.7. The number of benzene rings is 1. The number of aromatic nitrogens is 2. The molecule has 0 spiro atoms. The van der Waals surface area contributed by atoms with E-state index in [-0.39, 0.29) is 0 Å². The first-order chi connectivity index (χ1) is 8.93. The fourth-order valence-electron chi connectivity index (χ4n) is 1.80. The number of imidazole rings is 1. The number of nitrogens with zero attached hydrogens (tertiary/aromatic N) is 2. The molecule has 0 fully saturated rings. The van der Waals surface area contributed by atoms with Crippen molar-refractivity contribution in [2.45, 2.75) is 18.0 Å². The molecule has 0 aliphatic rings. The van der Waals surface area contributed by atoms with Gasteiger partial charge in [-0.15, -0.1) is 11.8 Å². The van der Waals surface area contributed by atoms with Gasteiger partial charge in [-0.3, -0.25) is 0 Å². The molecule has 102 valence electrons. The molecular formula is C13H13F3N2S. The summed E-state index contributed by atoms with van der Waals surface area (Å²) in [6.07, 6.45) is -1.02. The van der Waals surface area contributed by atoms with Crippen LogP contribution in [0, 0.1) is 0 Å². The van der Waals surface area contributed by atoms with Crippen LogP contribution in [0.15, 0.2) is 35.6 Å². The van der Waals surface area contributed by atoms with Gasteiger partial charge in [0.05, 0.1) is 23.8 Å². The summed E-state index contributed by atoms with van der Waals surface area (Å²) >= 11 is 1.40. The Morgan fingerprint density at radius 3 is 2.58 bits per heavy atom. The number of hydrogen-bond acceptors (Lipinski definition) is 2. The molecule has 2 nitrogen and oxygen atoms in total. The first-order valence-electron chi connectivity index (χ1n) is 5.74. The van der Waals surface area contributed by atoms with Crippen molar-refractivity contribution in [1.82, 2.24) is 9.55 Å². The van der Waals surface area contributed by atoms with Crippen LogP contribution < -0.4 is 0 Å². The molecular weight excluding hydrogens is 273 g/mol. The molecule has 0 bridgehead atoms. The van der Waals surface area contributed by atoms with Gasteiger partial charge in [0.15, 0.2) is 0 Å². The smallest absolute Gasteiger partial charge is 0.334 e. The molecule has 6 heteroatoms. The first kappa shape index (κ1) is 14.0. The largest absolute Gasteiger partial charge is 0.416 e.